The van der Waals surface area contributed by atoms with Gasteiger partial charge in [-0.3, -0.25) is 9.59 Å². The Kier molecular flexibility index (Phi) is 9.78. The Balaban J connectivity index is 2.06. The van der Waals surface area contributed by atoms with Crippen LogP contribution in [0, 0.1) is 41.5 Å². The zero-order valence-electron chi connectivity index (χ0n) is 23.2. The largest absolute Gasteiger partial charge is 0.375 e. The second-order valence-electron chi connectivity index (χ2n) is 9.85. The highest BCUT2D eigenvalue weighted by Gasteiger charge is 2.44. The predicted molar refractivity (Wildman–Crippen MR) is 154 cm³/mol. The van der Waals surface area contributed by atoms with Crippen molar-refractivity contribution in [1.82, 2.24) is 0 Å². The van der Waals surface area contributed by atoms with Crippen molar-refractivity contribution in [3.8, 4) is 0 Å². The highest BCUT2D eigenvalue weighted by molar-refractivity contribution is 8.01. The van der Waals surface area contributed by atoms with Crippen molar-refractivity contribution in [1.29, 1.82) is 0 Å². The van der Waals surface area contributed by atoms with Gasteiger partial charge in [0.2, 0.25) is 18.2 Å². The quantitative estimate of drug-likeness (QED) is 0.144. The summed E-state index contributed by atoms with van der Waals surface area (Å²) in [5.74, 6) is 0. The number of hydrogen-bond donors (Lipinski definition) is 0. The zero-order valence-corrected chi connectivity index (χ0v) is 24.1. The van der Waals surface area contributed by atoms with E-state index in [2.05, 4.69) is 6.58 Å². The lowest BCUT2D eigenvalue weighted by Crippen LogP contribution is -2.23. The molecule has 0 heterocycles. The molecule has 0 amide bonds. The van der Waals surface area contributed by atoms with Crippen molar-refractivity contribution < 1.29 is 23.6 Å². The first-order chi connectivity index (χ1) is 18.0. The Bertz CT molecular complexity index is 1280. The third kappa shape index (κ3) is 6.30. The summed E-state index contributed by atoms with van der Waals surface area (Å²) < 4.78 is 25.9. The van der Waals surface area contributed by atoms with Gasteiger partial charge >= 0.3 is 0 Å². The maximum Gasteiger partial charge on any atom is 0.248 e. The van der Waals surface area contributed by atoms with E-state index in [1.165, 1.54) is 0 Å². The summed E-state index contributed by atoms with van der Waals surface area (Å²) in [4.78, 5) is 28.4. The Morgan fingerprint density at radius 1 is 0.737 bits per heavy atom. The van der Waals surface area contributed by atoms with Gasteiger partial charge in [0.15, 0.2) is 0 Å². The molecular formula is C32H37O5P. The normalized spacial score (nSPS) is 11.4. The summed E-state index contributed by atoms with van der Waals surface area (Å²) in [7, 11) is -4.25. The number of ether oxygens (including phenoxy) is 2. The van der Waals surface area contributed by atoms with Crippen molar-refractivity contribution >= 4 is 23.5 Å². The fourth-order valence-corrected chi connectivity index (χ4v) is 7.51. The minimum Gasteiger partial charge on any atom is -0.375 e. The summed E-state index contributed by atoms with van der Waals surface area (Å²) in [6.45, 7) is 16.5. The van der Waals surface area contributed by atoms with Gasteiger partial charge in [0.25, 0.3) is 0 Å². The second-order valence-corrected chi connectivity index (χ2v) is 12.4. The maximum atomic E-state index is 14.9. The molecule has 3 rings (SSSR count). The van der Waals surface area contributed by atoms with E-state index in [0.29, 0.717) is 59.8 Å². The number of hydrogen-bond acceptors (Lipinski definition) is 5. The molecule has 0 spiro atoms. The van der Waals surface area contributed by atoms with E-state index in [9.17, 15) is 14.2 Å². The van der Waals surface area contributed by atoms with Crippen LogP contribution in [0.5, 0.6) is 0 Å². The maximum absolute atomic E-state index is 14.9. The Morgan fingerprint density at radius 2 is 1.16 bits per heavy atom. The van der Waals surface area contributed by atoms with Gasteiger partial charge in [-0.1, -0.05) is 65.7 Å². The van der Waals surface area contributed by atoms with E-state index in [-0.39, 0.29) is 5.30 Å². The molecule has 3 aromatic rings. The van der Waals surface area contributed by atoms with Gasteiger partial charge < -0.3 is 14.0 Å². The first-order valence-corrected chi connectivity index (χ1v) is 14.4. The minimum absolute atomic E-state index is 0.226. The number of aryl methyl sites for hydroxylation is 6. The van der Waals surface area contributed by atoms with Gasteiger partial charge in [0, 0.05) is 16.4 Å². The second kappa shape index (κ2) is 12.6. The van der Waals surface area contributed by atoms with Crippen molar-refractivity contribution in [2.45, 2.75) is 48.1 Å². The van der Waals surface area contributed by atoms with Crippen LogP contribution in [0.25, 0.3) is 0 Å². The zero-order chi connectivity index (χ0) is 28.0. The molecule has 0 radical (unpaired) electrons. The molecule has 0 bridgehead atoms. The van der Waals surface area contributed by atoms with Crippen LogP contribution in [-0.4, -0.2) is 30.9 Å². The lowest BCUT2D eigenvalue weighted by Gasteiger charge is -2.21. The lowest BCUT2D eigenvalue weighted by atomic mass is 10.0. The fraction of sp³-hybridized carbons (Fsp3) is 0.312. The van der Waals surface area contributed by atoms with Crippen LogP contribution in [0.1, 0.15) is 59.7 Å². The van der Waals surface area contributed by atoms with Crippen LogP contribution < -0.4 is 5.30 Å². The molecule has 0 fully saturated rings. The van der Waals surface area contributed by atoms with Crippen molar-refractivity contribution in [2.75, 3.05) is 19.8 Å². The van der Waals surface area contributed by atoms with Crippen LogP contribution in [0.3, 0.4) is 0 Å². The third-order valence-electron chi connectivity index (χ3n) is 6.53. The van der Waals surface area contributed by atoms with Crippen LogP contribution in [0.15, 0.2) is 61.2 Å². The molecule has 0 aliphatic heterocycles. The molecule has 0 aliphatic carbocycles. The summed E-state index contributed by atoms with van der Waals surface area (Å²) in [5, 5.41) is 0.226. The standard InChI is InChI=1S/C32H37O5P/c1-8-13-36-14-15-37-20-27-9-11-28(12-10-27)38(35,31(33)29-23(4)16-21(2)17-24(29)5)32(34)30-25(6)18-22(3)19-26(30)7/h8-12,16-19H,1,13-15,20H2,2-7H3. The Morgan fingerprint density at radius 3 is 1.58 bits per heavy atom. The number of carbonyl (C=O) groups is 2. The van der Waals surface area contributed by atoms with E-state index < -0.39 is 18.2 Å². The average molecular weight is 533 g/mol. The minimum atomic E-state index is -4.25. The van der Waals surface area contributed by atoms with Gasteiger partial charge in [-0.25, -0.2) is 0 Å². The monoisotopic (exact) mass is 532 g/mol. The molecule has 0 N–H and O–H groups in total. The van der Waals surface area contributed by atoms with Gasteiger partial charge in [-0.05, 0) is 69.4 Å². The van der Waals surface area contributed by atoms with Gasteiger partial charge in [0.05, 0.1) is 26.4 Å². The van der Waals surface area contributed by atoms with Gasteiger partial charge in [-0.2, -0.15) is 0 Å². The van der Waals surface area contributed by atoms with E-state index in [1.54, 1.807) is 30.3 Å². The van der Waals surface area contributed by atoms with Crippen LogP contribution >= 0.6 is 7.14 Å². The van der Waals surface area contributed by atoms with Crippen molar-refractivity contribution in [3.63, 3.8) is 0 Å². The third-order valence-corrected chi connectivity index (χ3v) is 9.15. The van der Waals surface area contributed by atoms with Gasteiger partial charge in [-0.15, -0.1) is 6.58 Å². The molecular weight excluding hydrogens is 495 g/mol. The molecule has 0 unspecified atom stereocenters. The van der Waals surface area contributed by atoms with Crippen LogP contribution in [-0.2, 0) is 20.6 Å². The number of rotatable bonds is 12. The first kappa shape index (κ1) is 29.4. The molecule has 0 saturated heterocycles. The molecule has 0 aliphatic rings. The fourth-order valence-electron chi connectivity index (χ4n) is 4.95. The number of benzene rings is 3. The van der Waals surface area contributed by atoms with E-state index >= 15 is 0 Å². The summed E-state index contributed by atoms with van der Waals surface area (Å²) >= 11 is 0. The van der Waals surface area contributed by atoms with E-state index in [1.807, 2.05) is 65.8 Å². The highest BCUT2D eigenvalue weighted by Crippen LogP contribution is 2.52. The molecule has 0 saturated carbocycles. The van der Waals surface area contributed by atoms with E-state index in [4.69, 9.17) is 9.47 Å². The molecule has 38 heavy (non-hydrogen) atoms. The molecule has 3 aromatic carbocycles. The van der Waals surface area contributed by atoms with Crippen LogP contribution in [0.2, 0.25) is 0 Å². The van der Waals surface area contributed by atoms with E-state index in [0.717, 1.165) is 16.7 Å². The molecule has 200 valence electrons. The summed E-state index contributed by atoms with van der Waals surface area (Å²) in [6.07, 6.45) is 1.68. The SMILES string of the molecule is C=CCOCCOCc1ccc(P(=O)(C(=O)c2c(C)cc(C)cc2C)C(=O)c2c(C)cc(C)cc2C)cc1. The molecule has 0 aromatic heterocycles. The average Bonchev–Trinajstić information content (AvgIpc) is 2.84. The molecule has 6 heteroatoms. The first-order valence-electron chi connectivity index (χ1n) is 12.7. The Labute approximate surface area is 226 Å². The van der Waals surface area contributed by atoms with Crippen molar-refractivity contribution in [2.24, 2.45) is 0 Å². The summed E-state index contributed by atoms with van der Waals surface area (Å²) in [5.41, 5.74) is 5.13. The molecule has 0 atom stereocenters. The smallest absolute Gasteiger partial charge is 0.248 e. The van der Waals surface area contributed by atoms with Crippen molar-refractivity contribution in [3.05, 3.63) is 111 Å². The summed E-state index contributed by atoms with van der Waals surface area (Å²) in [6, 6.07) is 14.3. The number of carbonyl (C=O) groups excluding carboxylic acids is 2. The predicted octanol–water partition coefficient (Wildman–Crippen LogP) is 6.93. The topological polar surface area (TPSA) is 69.7 Å². The van der Waals surface area contributed by atoms with Gasteiger partial charge in [0.1, 0.15) is 0 Å². The van der Waals surface area contributed by atoms with Crippen LogP contribution in [0.4, 0.5) is 0 Å². The lowest BCUT2D eigenvalue weighted by molar-refractivity contribution is 0.0505. The Hall–Kier alpha value is -3.11. The highest BCUT2D eigenvalue weighted by atomic mass is 31.2. The molecule has 5 nitrogen and oxygen atoms in total.